The molecule has 1 aliphatic rings. The Morgan fingerprint density at radius 1 is 1.30 bits per heavy atom. The van der Waals surface area contributed by atoms with Crippen LogP contribution in [0, 0.1) is 17.7 Å². The zero-order valence-corrected chi connectivity index (χ0v) is 13.5. The van der Waals surface area contributed by atoms with Crippen molar-refractivity contribution in [3.05, 3.63) is 29.6 Å². The summed E-state index contributed by atoms with van der Waals surface area (Å²) in [6.45, 7) is 6.60. The maximum absolute atomic E-state index is 13.9. The molecule has 1 saturated carbocycles. The Kier molecular flexibility index (Phi) is 4.63. The van der Waals surface area contributed by atoms with Gasteiger partial charge in [-0.15, -0.1) is 11.6 Å². The number of ether oxygens (including phenoxy) is 1. The van der Waals surface area contributed by atoms with E-state index in [4.69, 9.17) is 16.3 Å². The summed E-state index contributed by atoms with van der Waals surface area (Å²) in [5.41, 5.74) is 0.876. The molecule has 1 fully saturated rings. The lowest BCUT2D eigenvalue weighted by Crippen LogP contribution is -2.38. The van der Waals surface area contributed by atoms with Gasteiger partial charge in [0.2, 0.25) is 0 Å². The van der Waals surface area contributed by atoms with E-state index < -0.39 is 0 Å². The van der Waals surface area contributed by atoms with Gasteiger partial charge in [-0.2, -0.15) is 0 Å². The lowest BCUT2D eigenvalue weighted by Gasteiger charge is -2.42. The third-order valence-corrected chi connectivity index (χ3v) is 5.34. The van der Waals surface area contributed by atoms with E-state index in [-0.39, 0.29) is 16.6 Å². The molecule has 1 aliphatic carbocycles. The zero-order valence-electron chi connectivity index (χ0n) is 12.7. The molecule has 0 saturated heterocycles. The van der Waals surface area contributed by atoms with Crippen molar-refractivity contribution in [1.82, 2.24) is 0 Å². The molecule has 0 bridgehead atoms. The van der Waals surface area contributed by atoms with Gasteiger partial charge in [-0.3, -0.25) is 0 Å². The van der Waals surface area contributed by atoms with Crippen LogP contribution in [-0.2, 0) is 5.41 Å². The minimum atomic E-state index is -0.298. The molecule has 0 spiro atoms. The Hall–Kier alpha value is -0.760. The summed E-state index contributed by atoms with van der Waals surface area (Å²) >= 11 is 6.59. The molecule has 1 aromatic rings. The van der Waals surface area contributed by atoms with E-state index in [1.54, 1.807) is 12.1 Å². The molecule has 0 N–H and O–H groups in total. The van der Waals surface area contributed by atoms with E-state index in [0.717, 1.165) is 18.4 Å². The maximum Gasteiger partial charge on any atom is 0.165 e. The van der Waals surface area contributed by atoms with Gasteiger partial charge in [0.05, 0.1) is 7.11 Å². The van der Waals surface area contributed by atoms with Crippen LogP contribution in [0.3, 0.4) is 0 Å². The van der Waals surface area contributed by atoms with Crippen LogP contribution in [-0.4, -0.2) is 12.5 Å². The number of benzene rings is 1. The number of hydrogen-bond acceptors (Lipinski definition) is 1. The standard InChI is InChI=1S/C17H24ClFO/c1-11-5-7-13(14(18)9-11)17(2,3)12-6-8-16(20-4)15(19)10-12/h6,8,10-11,13-14H,5,7,9H2,1-4H3. The average Bonchev–Trinajstić information content (AvgIpc) is 2.38. The van der Waals surface area contributed by atoms with Crippen molar-refractivity contribution in [2.45, 2.75) is 50.8 Å². The average molecular weight is 299 g/mol. The Bertz CT molecular complexity index is 472. The SMILES string of the molecule is COc1ccc(C(C)(C)C2CCC(C)CC2Cl)cc1F. The highest BCUT2D eigenvalue weighted by atomic mass is 35.5. The van der Waals surface area contributed by atoms with Crippen LogP contribution >= 0.6 is 11.6 Å². The molecular weight excluding hydrogens is 275 g/mol. The summed E-state index contributed by atoms with van der Waals surface area (Å²) in [6.07, 6.45) is 3.36. The van der Waals surface area contributed by atoms with Crippen LogP contribution in [0.4, 0.5) is 4.39 Å². The highest BCUT2D eigenvalue weighted by molar-refractivity contribution is 6.20. The molecule has 0 aliphatic heterocycles. The number of methoxy groups -OCH3 is 1. The lowest BCUT2D eigenvalue weighted by molar-refractivity contribution is 0.207. The van der Waals surface area contributed by atoms with Gasteiger partial charge in [0, 0.05) is 5.38 Å². The molecule has 1 nitrogen and oxygen atoms in total. The van der Waals surface area contributed by atoms with Crippen LogP contribution in [0.2, 0.25) is 0 Å². The molecular formula is C17H24ClFO. The first-order valence-corrected chi connectivity index (χ1v) is 7.78. The van der Waals surface area contributed by atoms with Crippen molar-refractivity contribution in [1.29, 1.82) is 0 Å². The van der Waals surface area contributed by atoms with Crippen LogP contribution in [0.5, 0.6) is 5.75 Å². The van der Waals surface area contributed by atoms with Crippen molar-refractivity contribution < 1.29 is 9.13 Å². The van der Waals surface area contributed by atoms with Gasteiger partial charge in [-0.25, -0.2) is 4.39 Å². The minimum absolute atomic E-state index is 0.125. The second kappa shape index (κ2) is 5.93. The largest absolute Gasteiger partial charge is 0.494 e. The van der Waals surface area contributed by atoms with Crippen LogP contribution in [0.25, 0.3) is 0 Å². The first-order chi connectivity index (χ1) is 9.36. The molecule has 112 valence electrons. The third-order valence-electron chi connectivity index (χ3n) is 4.86. The number of rotatable bonds is 3. The van der Waals surface area contributed by atoms with E-state index in [1.165, 1.54) is 13.5 Å². The molecule has 0 amide bonds. The Morgan fingerprint density at radius 2 is 2.00 bits per heavy atom. The fourth-order valence-electron chi connectivity index (χ4n) is 3.41. The fraction of sp³-hybridized carbons (Fsp3) is 0.647. The van der Waals surface area contributed by atoms with Gasteiger partial charge in [-0.05, 0) is 47.8 Å². The first-order valence-electron chi connectivity index (χ1n) is 7.34. The molecule has 3 heteroatoms. The van der Waals surface area contributed by atoms with Gasteiger partial charge in [-0.1, -0.05) is 33.3 Å². The Balaban J connectivity index is 2.27. The zero-order chi connectivity index (χ0) is 14.9. The monoisotopic (exact) mass is 298 g/mol. The van der Waals surface area contributed by atoms with Gasteiger partial charge in [0.1, 0.15) is 0 Å². The van der Waals surface area contributed by atoms with Crippen molar-refractivity contribution >= 4 is 11.6 Å². The van der Waals surface area contributed by atoms with Gasteiger partial charge in [0.15, 0.2) is 11.6 Å². The third kappa shape index (κ3) is 2.95. The van der Waals surface area contributed by atoms with Gasteiger partial charge < -0.3 is 4.74 Å². The summed E-state index contributed by atoms with van der Waals surface area (Å²) in [4.78, 5) is 0. The molecule has 1 aromatic carbocycles. The summed E-state index contributed by atoms with van der Waals surface area (Å²) in [5.74, 6) is 1.07. The minimum Gasteiger partial charge on any atom is -0.494 e. The van der Waals surface area contributed by atoms with E-state index >= 15 is 0 Å². The lowest BCUT2D eigenvalue weighted by atomic mass is 9.65. The van der Waals surface area contributed by atoms with Crippen LogP contribution < -0.4 is 4.74 Å². The fourth-order valence-corrected chi connectivity index (χ4v) is 4.15. The summed E-state index contributed by atoms with van der Waals surface area (Å²) in [6, 6.07) is 5.27. The molecule has 0 aromatic heterocycles. The normalized spacial score (nSPS) is 27.4. The molecule has 0 heterocycles. The molecule has 0 radical (unpaired) electrons. The van der Waals surface area contributed by atoms with Gasteiger partial charge >= 0.3 is 0 Å². The number of hydrogen-bond donors (Lipinski definition) is 0. The second-order valence-electron chi connectivity index (χ2n) is 6.61. The summed E-state index contributed by atoms with van der Waals surface area (Å²) in [5, 5.41) is 0.166. The van der Waals surface area contributed by atoms with E-state index in [0.29, 0.717) is 17.6 Å². The topological polar surface area (TPSA) is 9.23 Å². The van der Waals surface area contributed by atoms with Crippen LogP contribution in [0.1, 0.15) is 45.6 Å². The van der Waals surface area contributed by atoms with E-state index in [1.807, 2.05) is 6.07 Å². The Labute approximate surface area is 126 Å². The maximum atomic E-state index is 13.9. The van der Waals surface area contributed by atoms with Crippen molar-refractivity contribution in [2.24, 2.45) is 11.8 Å². The second-order valence-corrected chi connectivity index (χ2v) is 7.17. The van der Waals surface area contributed by atoms with Crippen molar-refractivity contribution in [3.8, 4) is 5.75 Å². The predicted molar refractivity (Wildman–Crippen MR) is 82.1 cm³/mol. The molecule has 2 rings (SSSR count). The molecule has 20 heavy (non-hydrogen) atoms. The highest BCUT2D eigenvalue weighted by Crippen LogP contribution is 2.45. The summed E-state index contributed by atoms with van der Waals surface area (Å²) < 4.78 is 18.9. The van der Waals surface area contributed by atoms with E-state index in [9.17, 15) is 4.39 Å². The molecule has 3 unspecified atom stereocenters. The highest BCUT2D eigenvalue weighted by Gasteiger charge is 2.39. The summed E-state index contributed by atoms with van der Waals surface area (Å²) in [7, 11) is 1.49. The predicted octanol–water partition coefficient (Wildman–Crippen LogP) is 5.16. The van der Waals surface area contributed by atoms with Crippen LogP contribution in [0.15, 0.2) is 18.2 Å². The molecule has 3 atom stereocenters. The quantitative estimate of drug-likeness (QED) is 0.701. The number of halogens is 2. The first kappa shape index (κ1) is 15.6. The van der Waals surface area contributed by atoms with Crippen molar-refractivity contribution in [3.63, 3.8) is 0 Å². The van der Waals surface area contributed by atoms with Crippen molar-refractivity contribution in [2.75, 3.05) is 7.11 Å². The van der Waals surface area contributed by atoms with E-state index in [2.05, 4.69) is 20.8 Å². The van der Waals surface area contributed by atoms with Gasteiger partial charge in [0.25, 0.3) is 0 Å². The number of alkyl halides is 1. The Morgan fingerprint density at radius 3 is 2.55 bits per heavy atom. The smallest absolute Gasteiger partial charge is 0.165 e.